The van der Waals surface area contributed by atoms with E-state index in [1.807, 2.05) is 24.3 Å². The highest BCUT2D eigenvalue weighted by Crippen LogP contribution is 2.16. The van der Waals surface area contributed by atoms with E-state index in [9.17, 15) is 4.79 Å². The minimum atomic E-state index is 0. The van der Waals surface area contributed by atoms with Crippen LogP contribution in [0.5, 0.6) is 0 Å². The summed E-state index contributed by atoms with van der Waals surface area (Å²) in [5.41, 5.74) is 0.706. The van der Waals surface area contributed by atoms with Crippen LogP contribution < -0.4 is 10.6 Å². The Morgan fingerprint density at radius 2 is 2.22 bits per heavy atom. The van der Waals surface area contributed by atoms with Gasteiger partial charge >= 0.3 is 0 Å². The molecule has 0 aromatic heterocycles. The summed E-state index contributed by atoms with van der Waals surface area (Å²) in [4.78, 5) is 11.9. The summed E-state index contributed by atoms with van der Waals surface area (Å²) < 4.78 is 0.847. The average Bonchev–Trinajstić information content (AvgIpc) is 2.82. The van der Waals surface area contributed by atoms with Gasteiger partial charge in [0.05, 0.1) is 5.56 Å². The Morgan fingerprint density at radius 1 is 1.44 bits per heavy atom. The summed E-state index contributed by atoms with van der Waals surface area (Å²) in [6.07, 6.45) is 2.29. The maximum absolute atomic E-state index is 11.9. The Hall–Kier alpha value is -0.580. The van der Waals surface area contributed by atoms with Gasteiger partial charge in [-0.3, -0.25) is 4.79 Å². The van der Waals surface area contributed by atoms with Crippen LogP contribution in [0.1, 0.15) is 23.2 Å². The van der Waals surface area contributed by atoms with Crippen LogP contribution in [0.3, 0.4) is 0 Å². The number of carbonyl (C=O) groups excluding carboxylic acids is 1. The number of nitrogens with one attached hydrogen (secondary N) is 2. The van der Waals surface area contributed by atoms with E-state index in [0.29, 0.717) is 5.56 Å². The maximum Gasteiger partial charge on any atom is 0.252 e. The number of hydrogen-bond acceptors (Lipinski definition) is 2. The van der Waals surface area contributed by atoms with Crippen LogP contribution in [-0.2, 0) is 0 Å². The van der Waals surface area contributed by atoms with Gasteiger partial charge in [-0.2, -0.15) is 0 Å². The number of carbonyl (C=O) groups is 1. The maximum atomic E-state index is 11.9. The summed E-state index contributed by atoms with van der Waals surface area (Å²) in [5, 5.41) is 6.30. The molecule has 0 saturated carbocycles. The van der Waals surface area contributed by atoms with E-state index in [0.717, 1.165) is 36.4 Å². The predicted molar refractivity (Wildman–Crippen MR) is 79.3 cm³/mol. The first-order valence-corrected chi connectivity index (χ1v) is 6.80. The zero-order chi connectivity index (χ0) is 12.1. The minimum Gasteiger partial charge on any atom is -0.352 e. The fourth-order valence-corrected chi connectivity index (χ4v) is 2.56. The fraction of sp³-hybridized carbons (Fsp3) is 0.462. The molecule has 0 radical (unpaired) electrons. The van der Waals surface area contributed by atoms with Crippen LogP contribution in [0.15, 0.2) is 28.7 Å². The number of hydrogen-bond donors (Lipinski definition) is 2. The SMILES string of the molecule is Cl.O=C(NCCC1CCNC1)c1ccccc1Br. The number of benzene rings is 1. The quantitative estimate of drug-likeness (QED) is 0.889. The topological polar surface area (TPSA) is 41.1 Å². The Kier molecular flexibility index (Phi) is 6.68. The van der Waals surface area contributed by atoms with Crippen molar-refractivity contribution < 1.29 is 4.79 Å². The highest BCUT2D eigenvalue weighted by molar-refractivity contribution is 9.10. The molecule has 1 unspecified atom stereocenters. The normalized spacial score (nSPS) is 18.2. The van der Waals surface area contributed by atoms with E-state index < -0.39 is 0 Å². The van der Waals surface area contributed by atoms with Crippen molar-refractivity contribution in [2.75, 3.05) is 19.6 Å². The van der Waals surface area contributed by atoms with E-state index in [-0.39, 0.29) is 18.3 Å². The zero-order valence-electron chi connectivity index (χ0n) is 10.1. The van der Waals surface area contributed by atoms with Gasteiger partial charge in [0.15, 0.2) is 0 Å². The average molecular weight is 334 g/mol. The largest absolute Gasteiger partial charge is 0.352 e. The lowest BCUT2D eigenvalue weighted by Gasteiger charge is -2.10. The van der Waals surface area contributed by atoms with Gasteiger partial charge in [0.25, 0.3) is 5.91 Å². The molecule has 2 rings (SSSR count). The molecule has 0 aliphatic carbocycles. The molecule has 0 bridgehead atoms. The first-order chi connectivity index (χ1) is 8.27. The third-order valence-electron chi connectivity index (χ3n) is 3.12. The highest BCUT2D eigenvalue weighted by atomic mass is 79.9. The molecule has 1 amide bonds. The number of rotatable bonds is 4. The minimum absolute atomic E-state index is 0. The van der Waals surface area contributed by atoms with E-state index in [2.05, 4.69) is 26.6 Å². The van der Waals surface area contributed by atoms with Crippen molar-refractivity contribution in [3.05, 3.63) is 34.3 Å². The second-order valence-electron chi connectivity index (χ2n) is 4.38. The van der Waals surface area contributed by atoms with Crippen molar-refractivity contribution in [2.24, 2.45) is 5.92 Å². The standard InChI is InChI=1S/C13H17BrN2O.ClH/c14-12-4-2-1-3-11(12)13(17)16-8-6-10-5-7-15-9-10;/h1-4,10,15H,5-9H2,(H,16,17);1H. The zero-order valence-corrected chi connectivity index (χ0v) is 12.5. The first-order valence-electron chi connectivity index (χ1n) is 6.01. The highest BCUT2D eigenvalue weighted by Gasteiger charge is 2.14. The van der Waals surface area contributed by atoms with Gasteiger partial charge < -0.3 is 10.6 Å². The van der Waals surface area contributed by atoms with Crippen LogP contribution in [0.4, 0.5) is 0 Å². The first kappa shape index (κ1) is 15.5. The molecule has 1 fully saturated rings. The van der Waals surface area contributed by atoms with Gasteiger partial charge in [0.1, 0.15) is 0 Å². The Labute approximate surface area is 122 Å². The monoisotopic (exact) mass is 332 g/mol. The molecule has 1 heterocycles. The molecular weight excluding hydrogens is 316 g/mol. The van der Waals surface area contributed by atoms with Gasteiger partial charge in [-0.15, -0.1) is 12.4 Å². The van der Waals surface area contributed by atoms with Crippen LogP contribution >= 0.6 is 28.3 Å². The molecule has 1 saturated heterocycles. The predicted octanol–water partition coefficient (Wildman–Crippen LogP) is 2.60. The van der Waals surface area contributed by atoms with Gasteiger partial charge in [-0.05, 0) is 59.9 Å². The molecule has 1 aromatic rings. The summed E-state index contributed by atoms with van der Waals surface area (Å²) >= 11 is 3.38. The van der Waals surface area contributed by atoms with Crippen LogP contribution in [0, 0.1) is 5.92 Å². The third kappa shape index (κ3) is 4.26. The van der Waals surface area contributed by atoms with Gasteiger partial charge in [0, 0.05) is 11.0 Å². The summed E-state index contributed by atoms with van der Waals surface area (Å²) in [7, 11) is 0. The number of halogens is 2. The van der Waals surface area contributed by atoms with Crippen molar-refractivity contribution in [3.8, 4) is 0 Å². The molecule has 1 atom stereocenters. The lowest BCUT2D eigenvalue weighted by Crippen LogP contribution is -2.26. The molecule has 1 aromatic carbocycles. The van der Waals surface area contributed by atoms with Crippen molar-refractivity contribution in [1.29, 1.82) is 0 Å². The van der Waals surface area contributed by atoms with Gasteiger partial charge in [-0.25, -0.2) is 0 Å². The van der Waals surface area contributed by atoms with Gasteiger partial charge in [0.2, 0.25) is 0 Å². The smallest absolute Gasteiger partial charge is 0.252 e. The lowest BCUT2D eigenvalue weighted by atomic mass is 10.1. The Morgan fingerprint density at radius 3 is 2.89 bits per heavy atom. The summed E-state index contributed by atoms with van der Waals surface area (Å²) in [5.74, 6) is 0.720. The summed E-state index contributed by atoms with van der Waals surface area (Å²) in [6.45, 7) is 2.96. The second-order valence-corrected chi connectivity index (χ2v) is 5.24. The molecule has 2 N–H and O–H groups in total. The van der Waals surface area contributed by atoms with Gasteiger partial charge in [-0.1, -0.05) is 12.1 Å². The molecule has 18 heavy (non-hydrogen) atoms. The molecule has 1 aliphatic heterocycles. The molecule has 0 spiro atoms. The number of amides is 1. The van der Waals surface area contributed by atoms with E-state index >= 15 is 0 Å². The molecular formula is C13H18BrClN2O. The molecule has 1 aliphatic rings. The van der Waals surface area contributed by atoms with Crippen LogP contribution in [-0.4, -0.2) is 25.5 Å². The van der Waals surface area contributed by atoms with Crippen LogP contribution in [0.25, 0.3) is 0 Å². The lowest BCUT2D eigenvalue weighted by molar-refractivity contribution is 0.0951. The summed E-state index contributed by atoms with van der Waals surface area (Å²) in [6, 6.07) is 7.50. The third-order valence-corrected chi connectivity index (χ3v) is 3.81. The van der Waals surface area contributed by atoms with E-state index in [1.54, 1.807) is 0 Å². The Balaban J connectivity index is 0.00000162. The van der Waals surface area contributed by atoms with E-state index in [1.165, 1.54) is 6.42 Å². The van der Waals surface area contributed by atoms with Crippen LogP contribution in [0.2, 0.25) is 0 Å². The van der Waals surface area contributed by atoms with Crippen molar-refractivity contribution in [2.45, 2.75) is 12.8 Å². The molecule has 3 nitrogen and oxygen atoms in total. The fourth-order valence-electron chi connectivity index (χ4n) is 2.09. The van der Waals surface area contributed by atoms with Crippen molar-refractivity contribution in [1.82, 2.24) is 10.6 Å². The van der Waals surface area contributed by atoms with Crippen molar-refractivity contribution in [3.63, 3.8) is 0 Å². The van der Waals surface area contributed by atoms with Crippen molar-refractivity contribution >= 4 is 34.2 Å². The Bertz CT molecular complexity index is 394. The molecule has 100 valence electrons. The molecule has 5 heteroatoms. The second kappa shape index (κ2) is 7.77. The van der Waals surface area contributed by atoms with E-state index in [4.69, 9.17) is 0 Å².